The molecular weight excluding hydrogens is 570 g/mol. The van der Waals surface area contributed by atoms with Crippen molar-refractivity contribution in [2.24, 2.45) is 0 Å². The van der Waals surface area contributed by atoms with Crippen molar-refractivity contribution < 1.29 is 22.8 Å². The van der Waals surface area contributed by atoms with E-state index >= 15 is 0 Å². The minimum Gasteiger partial charge on any atom is -0.344 e. The van der Waals surface area contributed by atoms with Crippen LogP contribution in [-0.2, 0) is 31.9 Å². The Morgan fingerprint density at radius 1 is 1.00 bits per heavy atom. The molecule has 3 aromatic carbocycles. The van der Waals surface area contributed by atoms with Gasteiger partial charge in [0.25, 0.3) is 5.91 Å². The van der Waals surface area contributed by atoms with Crippen molar-refractivity contribution in [3.63, 3.8) is 0 Å². The van der Waals surface area contributed by atoms with E-state index in [2.05, 4.69) is 21.0 Å². The van der Waals surface area contributed by atoms with E-state index in [0.717, 1.165) is 30.3 Å². The Morgan fingerprint density at radius 2 is 1.70 bits per heavy atom. The molecule has 1 heterocycles. The van der Waals surface area contributed by atoms with Crippen molar-refractivity contribution in [1.82, 2.24) is 29.4 Å². The van der Waals surface area contributed by atoms with Crippen LogP contribution in [0.15, 0.2) is 73.1 Å². The summed E-state index contributed by atoms with van der Waals surface area (Å²) in [4.78, 5) is 37.6. The van der Waals surface area contributed by atoms with Gasteiger partial charge in [0.1, 0.15) is 6.54 Å². The third-order valence-corrected chi connectivity index (χ3v) is 8.90. The van der Waals surface area contributed by atoms with Gasteiger partial charge in [-0.05, 0) is 58.5 Å². The zero-order valence-corrected chi connectivity index (χ0v) is 24.3. The van der Waals surface area contributed by atoms with E-state index in [0.29, 0.717) is 29.5 Å². The second-order valence-corrected chi connectivity index (χ2v) is 12.4. The predicted octanol–water partition coefficient (Wildman–Crippen LogP) is 2.03. The minimum absolute atomic E-state index is 0.0618. The number of amides is 3. The van der Waals surface area contributed by atoms with Crippen molar-refractivity contribution in [3.8, 4) is 17.2 Å². The summed E-state index contributed by atoms with van der Waals surface area (Å²) in [7, 11) is -0.913. The summed E-state index contributed by atoms with van der Waals surface area (Å²) in [6.45, 7) is -0.353. The average Bonchev–Trinajstić information content (AvgIpc) is 3.60. The maximum atomic E-state index is 13.7. The van der Waals surface area contributed by atoms with E-state index in [1.807, 2.05) is 36.4 Å². The molecule has 3 N–H and O–H groups in total. The van der Waals surface area contributed by atoms with E-state index in [1.165, 1.54) is 26.5 Å². The summed E-state index contributed by atoms with van der Waals surface area (Å²) in [5.74, 6) is -2.18. The number of nitrogens with one attached hydrogen (secondary N) is 3. The van der Waals surface area contributed by atoms with Crippen LogP contribution in [0.4, 0.5) is 0 Å². The SMILES string of the molecule is CN(C)S(=O)(=O)n1cc(-c2cc(C3(NC(=O)c4ccccc4CNC(=O)C(=O)NCC#N)CC3)c3ccccc3c2)cn1. The van der Waals surface area contributed by atoms with Crippen LogP contribution in [-0.4, -0.2) is 60.3 Å². The molecule has 0 unspecified atom stereocenters. The summed E-state index contributed by atoms with van der Waals surface area (Å²) in [6.07, 6.45) is 4.35. The third kappa shape index (κ3) is 5.97. The van der Waals surface area contributed by atoms with E-state index in [1.54, 1.807) is 30.3 Å². The summed E-state index contributed by atoms with van der Waals surface area (Å²) in [5.41, 5.74) is 2.47. The van der Waals surface area contributed by atoms with Crippen LogP contribution in [0.1, 0.15) is 34.3 Å². The van der Waals surface area contributed by atoms with E-state index in [4.69, 9.17) is 5.26 Å². The van der Waals surface area contributed by atoms with Crippen LogP contribution in [0.2, 0.25) is 0 Å². The molecule has 1 aliphatic rings. The highest BCUT2D eigenvalue weighted by molar-refractivity contribution is 7.87. The molecule has 43 heavy (non-hydrogen) atoms. The molecule has 1 aromatic heterocycles. The zero-order valence-electron chi connectivity index (χ0n) is 23.5. The van der Waals surface area contributed by atoms with Crippen LogP contribution in [0.25, 0.3) is 21.9 Å². The first kappa shape index (κ1) is 29.4. The normalized spacial score (nSPS) is 13.7. The third-order valence-electron chi connectivity index (χ3n) is 7.31. The zero-order chi connectivity index (χ0) is 30.8. The van der Waals surface area contributed by atoms with E-state index in [-0.39, 0.29) is 19.0 Å². The summed E-state index contributed by atoms with van der Waals surface area (Å²) in [6, 6.07) is 20.2. The van der Waals surface area contributed by atoms with Crippen molar-refractivity contribution in [3.05, 3.63) is 89.7 Å². The van der Waals surface area contributed by atoms with Gasteiger partial charge in [0.05, 0.1) is 24.0 Å². The number of benzene rings is 3. The van der Waals surface area contributed by atoms with Gasteiger partial charge in [-0.25, -0.2) is 0 Å². The number of hydrogen-bond donors (Lipinski definition) is 3. The number of rotatable bonds is 9. The first-order chi connectivity index (χ1) is 20.6. The quantitative estimate of drug-likeness (QED) is 0.196. The molecule has 13 heteroatoms. The average molecular weight is 600 g/mol. The Bertz CT molecular complexity index is 1890. The fraction of sp³-hybridized carbons (Fsp3) is 0.233. The molecule has 4 aromatic rings. The lowest BCUT2D eigenvalue weighted by atomic mass is 9.92. The molecule has 3 amide bonds. The topological polar surface area (TPSA) is 166 Å². The Labute approximate surface area is 248 Å². The van der Waals surface area contributed by atoms with Gasteiger partial charge >= 0.3 is 22.0 Å². The minimum atomic E-state index is -3.78. The van der Waals surface area contributed by atoms with Gasteiger partial charge < -0.3 is 16.0 Å². The number of aromatic nitrogens is 2. The highest BCUT2D eigenvalue weighted by Gasteiger charge is 2.47. The first-order valence-electron chi connectivity index (χ1n) is 13.4. The van der Waals surface area contributed by atoms with Gasteiger partial charge in [-0.2, -0.15) is 27.2 Å². The summed E-state index contributed by atoms with van der Waals surface area (Å²) < 4.78 is 27.2. The Morgan fingerprint density at radius 3 is 2.42 bits per heavy atom. The van der Waals surface area contributed by atoms with Crippen LogP contribution in [0.3, 0.4) is 0 Å². The molecule has 0 atom stereocenters. The van der Waals surface area contributed by atoms with Gasteiger partial charge in [-0.3, -0.25) is 14.4 Å². The van der Waals surface area contributed by atoms with Gasteiger partial charge in [-0.15, -0.1) is 0 Å². The van der Waals surface area contributed by atoms with Crippen LogP contribution < -0.4 is 16.0 Å². The molecule has 220 valence electrons. The van der Waals surface area contributed by atoms with Crippen LogP contribution in [0.5, 0.6) is 0 Å². The lowest BCUT2D eigenvalue weighted by Gasteiger charge is -2.22. The van der Waals surface area contributed by atoms with Crippen LogP contribution >= 0.6 is 0 Å². The number of nitrogens with zero attached hydrogens (tertiary/aromatic N) is 4. The molecule has 0 spiro atoms. The Hall–Kier alpha value is -5.06. The highest BCUT2D eigenvalue weighted by Crippen LogP contribution is 2.49. The lowest BCUT2D eigenvalue weighted by Crippen LogP contribution is -2.40. The van der Waals surface area contributed by atoms with Gasteiger partial charge in [0, 0.05) is 31.8 Å². The number of hydrogen-bond acceptors (Lipinski definition) is 7. The molecule has 1 aliphatic carbocycles. The monoisotopic (exact) mass is 599 g/mol. The van der Waals surface area contributed by atoms with Crippen molar-refractivity contribution in [1.29, 1.82) is 5.26 Å². The standard InChI is InChI=1S/C30H29N7O5S/c1-36(2)43(41,42)37-19-23(18-34-37)22-15-20-7-3-5-9-24(20)26(16-22)30(11-12-30)35-27(38)25-10-6-4-8-21(25)17-33-29(40)28(39)32-14-13-31/h3-10,15-16,18-19H,11-12,14,17H2,1-2H3,(H,32,39)(H,33,40)(H,35,38). The maximum absolute atomic E-state index is 13.7. The maximum Gasteiger partial charge on any atom is 0.322 e. The molecule has 0 bridgehead atoms. The van der Waals surface area contributed by atoms with Gasteiger partial charge in [-0.1, -0.05) is 42.5 Å². The predicted molar refractivity (Wildman–Crippen MR) is 158 cm³/mol. The number of carbonyl (C=O) groups is 3. The molecular formula is C30H29N7O5S. The molecule has 1 fully saturated rings. The van der Waals surface area contributed by atoms with Gasteiger partial charge in [0.15, 0.2) is 0 Å². The number of fused-ring (bicyclic) bond motifs is 1. The lowest BCUT2D eigenvalue weighted by molar-refractivity contribution is -0.139. The van der Waals surface area contributed by atoms with Crippen LogP contribution in [0, 0.1) is 11.3 Å². The number of nitriles is 1. The highest BCUT2D eigenvalue weighted by atomic mass is 32.2. The fourth-order valence-electron chi connectivity index (χ4n) is 4.84. The first-order valence-corrected chi connectivity index (χ1v) is 14.8. The largest absolute Gasteiger partial charge is 0.344 e. The van der Waals surface area contributed by atoms with E-state index < -0.39 is 27.6 Å². The van der Waals surface area contributed by atoms with Crippen molar-refractivity contribution in [2.75, 3.05) is 20.6 Å². The molecule has 1 saturated carbocycles. The second kappa shape index (κ2) is 11.7. The molecule has 0 radical (unpaired) electrons. The second-order valence-electron chi connectivity index (χ2n) is 10.4. The Balaban J connectivity index is 1.43. The number of carbonyl (C=O) groups excluding carboxylic acids is 3. The molecule has 5 rings (SSSR count). The smallest absolute Gasteiger partial charge is 0.322 e. The molecule has 0 aliphatic heterocycles. The summed E-state index contributed by atoms with van der Waals surface area (Å²) in [5, 5.41) is 22.4. The van der Waals surface area contributed by atoms with Gasteiger partial charge in [0.2, 0.25) is 0 Å². The summed E-state index contributed by atoms with van der Waals surface area (Å²) >= 11 is 0. The van der Waals surface area contributed by atoms with Crippen molar-refractivity contribution in [2.45, 2.75) is 24.9 Å². The van der Waals surface area contributed by atoms with E-state index in [9.17, 15) is 22.8 Å². The molecule has 12 nitrogen and oxygen atoms in total. The fourth-order valence-corrected chi connectivity index (χ4v) is 5.59. The van der Waals surface area contributed by atoms with Crippen molar-refractivity contribution >= 4 is 38.7 Å². The Kier molecular flexibility index (Phi) is 7.99. The molecule has 0 saturated heterocycles.